The molecule has 1 aliphatic heterocycles. The van der Waals surface area contributed by atoms with E-state index in [9.17, 15) is 9.50 Å². The fourth-order valence-electron chi connectivity index (χ4n) is 3.12. The van der Waals surface area contributed by atoms with Crippen molar-refractivity contribution in [1.82, 2.24) is 4.90 Å². The summed E-state index contributed by atoms with van der Waals surface area (Å²) in [6.45, 7) is 2.46. The summed E-state index contributed by atoms with van der Waals surface area (Å²) in [5, 5.41) is 9.84. The van der Waals surface area contributed by atoms with Gasteiger partial charge in [0.1, 0.15) is 11.9 Å². The van der Waals surface area contributed by atoms with Gasteiger partial charge in [-0.2, -0.15) is 0 Å². The number of likely N-dealkylation sites (tertiary alicyclic amines) is 1. The number of nitrogens with zero attached hydrogens (tertiary/aromatic N) is 1. The number of phenolic OH excluding ortho intramolecular Hbond substituents is 1. The molecule has 3 rings (SSSR count). The van der Waals surface area contributed by atoms with Gasteiger partial charge in [-0.05, 0) is 55.6 Å². The van der Waals surface area contributed by atoms with Crippen molar-refractivity contribution in [2.75, 3.05) is 19.6 Å². The highest BCUT2D eigenvalue weighted by Gasteiger charge is 2.25. The van der Waals surface area contributed by atoms with Gasteiger partial charge in [-0.3, -0.25) is 4.90 Å². The van der Waals surface area contributed by atoms with Crippen molar-refractivity contribution >= 4 is 11.8 Å². The van der Waals surface area contributed by atoms with Crippen molar-refractivity contribution in [2.24, 2.45) is 0 Å². The molecular formula is C20H24FNOS. The summed E-state index contributed by atoms with van der Waals surface area (Å²) in [7, 11) is 0. The third-order valence-electron chi connectivity index (χ3n) is 4.41. The van der Waals surface area contributed by atoms with Crippen molar-refractivity contribution in [2.45, 2.75) is 35.6 Å². The standard InChI is InChI=1S/C20H24FNOS/c21-17(7-6-16-4-2-1-3-5-16)14-22-13-12-20(15-22)24-19-10-8-18(23)9-11-19/h1-5,8-11,17,20,23H,6-7,12-15H2/t17?,20-/m0/s1. The second kappa shape index (κ2) is 8.54. The van der Waals surface area contributed by atoms with E-state index in [1.165, 1.54) is 10.5 Å². The number of benzene rings is 2. The van der Waals surface area contributed by atoms with Crippen molar-refractivity contribution in [3.8, 4) is 5.75 Å². The van der Waals surface area contributed by atoms with Gasteiger partial charge in [-0.25, -0.2) is 4.39 Å². The number of hydrogen-bond acceptors (Lipinski definition) is 3. The highest BCUT2D eigenvalue weighted by Crippen LogP contribution is 2.30. The Morgan fingerprint density at radius 3 is 2.62 bits per heavy atom. The van der Waals surface area contributed by atoms with Crippen LogP contribution in [0.5, 0.6) is 5.75 Å². The Bertz CT molecular complexity index is 619. The molecule has 1 N–H and O–H groups in total. The van der Waals surface area contributed by atoms with Crippen LogP contribution >= 0.6 is 11.8 Å². The minimum atomic E-state index is -0.761. The van der Waals surface area contributed by atoms with E-state index in [0.29, 0.717) is 24.0 Å². The average molecular weight is 345 g/mol. The summed E-state index contributed by atoms with van der Waals surface area (Å²) in [5.41, 5.74) is 1.21. The largest absolute Gasteiger partial charge is 0.508 e. The van der Waals surface area contributed by atoms with Gasteiger partial charge in [0, 0.05) is 23.2 Å². The molecule has 1 aliphatic rings. The van der Waals surface area contributed by atoms with Gasteiger partial charge >= 0.3 is 0 Å². The van der Waals surface area contributed by atoms with Crippen molar-refractivity contribution in [3.05, 3.63) is 60.2 Å². The molecule has 24 heavy (non-hydrogen) atoms. The lowest BCUT2D eigenvalue weighted by molar-refractivity contribution is 0.211. The fourth-order valence-corrected chi connectivity index (χ4v) is 4.30. The van der Waals surface area contributed by atoms with E-state index in [2.05, 4.69) is 17.0 Å². The van der Waals surface area contributed by atoms with E-state index < -0.39 is 6.17 Å². The number of aryl methyl sites for hydroxylation is 1. The first-order valence-electron chi connectivity index (χ1n) is 8.55. The zero-order valence-electron chi connectivity index (χ0n) is 13.8. The molecule has 2 atom stereocenters. The molecule has 0 aromatic heterocycles. The molecule has 1 unspecified atom stereocenters. The van der Waals surface area contributed by atoms with E-state index >= 15 is 0 Å². The predicted molar refractivity (Wildman–Crippen MR) is 98.5 cm³/mol. The highest BCUT2D eigenvalue weighted by atomic mass is 32.2. The molecule has 2 aromatic carbocycles. The predicted octanol–water partition coefficient (Wildman–Crippen LogP) is 4.53. The molecule has 4 heteroatoms. The molecule has 0 spiro atoms. The summed E-state index contributed by atoms with van der Waals surface area (Å²) < 4.78 is 14.3. The second-order valence-corrected chi connectivity index (χ2v) is 7.78. The number of hydrogen-bond donors (Lipinski definition) is 1. The van der Waals surface area contributed by atoms with Crippen LogP contribution in [-0.2, 0) is 6.42 Å². The van der Waals surface area contributed by atoms with Crippen LogP contribution in [0, 0.1) is 0 Å². The van der Waals surface area contributed by atoms with Crippen LogP contribution in [0.15, 0.2) is 59.5 Å². The molecule has 0 saturated carbocycles. The smallest absolute Gasteiger partial charge is 0.115 e. The average Bonchev–Trinajstić information content (AvgIpc) is 3.03. The molecule has 1 saturated heterocycles. The lowest BCUT2D eigenvalue weighted by Gasteiger charge is -2.18. The monoisotopic (exact) mass is 345 g/mol. The summed E-state index contributed by atoms with van der Waals surface area (Å²) in [6, 6.07) is 17.5. The third-order valence-corrected chi connectivity index (χ3v) is 5.68. The van der Waals surface area contributed by atoms with E-state index in [0.717, 1.165) is 25.9 Å². The van der Waals surface area contributed by atoms with Crippen molar-refractivity contribution in [3.63, 3.8) is 0 Å². The molecule has 128 valence electrons. The maximum Gasteiger partial charge on any atom is 0.115 e. The minimum absolute atomic E-state index is 0.297. The second-order valence-electron chi connectivity index (χ2n) is 6.40. The molecule has 1 fully saturated rings. The number of aromatic hydroxyl groups is 1. The van der Waals surface area contributed by atoms with E-state index in [1.54, 1.807) is 12.1 Å². The minimum Gasteiger partial charge on any atom is -0.508 e. The first-order valence-corrected chi connectivity index (χ1v) is 9.43. The van der Waals surface area contributed by atoms with Crippen molar-refractivity contribution < 1.29 is 9.50 Å². The summed E-state index contributed by atoms with van der Waals surface area (Å²) in [5.74, 6) is 0.297. The number of phenols is 1. The van der Waals surface area contributed by atoms with Crippen LogP contribution in [0.2, 0.25) is 0 Å². The molecule has 0 bridgehead atoms. The van der Waals surface area contributed by atoms with Gasteiger partial charge in [0.15, 0.2) is 0 Å². The SMILES string of the molecule is Oc1ccc(S[C@H]2CCN(CC(F)CCc3ccccc3)C2)cc1. The summed E-state index contributed by atoms with van der Waals surface area (Å²) in [4.78, 5) is 3.41. The molecule has 0 radical (unpaired) electrons. The molecule has 0 amide bonds. The lowest BCUT2D eigenvalue weighted by Crippen LogP contribution is -2.29. The zero-order chi connectivity index (χ0) is 16.8. The van der Waals surface area contributed by atoms with Crippen molar-refractivity contribution in [1.29, 1.82) is 0 Å². The van der Waals surface area contributed by atoms with Gasteiger partial charge in [-0.15, -0.1) is 11.8 Å². The maximum atomic E-state index is 14.3. The van der Waals surface area contributed by atoms with Gasteiger partial charge < -0.3 is 5.11 Å². The number of rotatable bonds is 7. The number of thioether (sulfide) groups is 1. The quantitative estimate of drug-likeness (QED) is 0.797. The molecule has 1 heterocycles. The molecule has 0 aliphatic carbocycles. The van der Waals surface area contributed by atoms with Gasteiger partial charge in [-0.1, -0.05) is 30.3 Å². The highest BCUT2D eigenvalue weighted by molar-refractivity contribution is 8.00. The Balaban J connectivity index is 1.40. The number of halogens is 1. The molecular weight excluding hydrogens is 321 g/mol. The normalized spacial score (nSPS) is 19.5. The fraction of sp³-hybridized carbons (Fsp3) is 0.400. The van der Waals surface area contributed by atoms with Crippen LogP contribution < -0.4 is 0 Å². The Labute approximate surface area is 147 Å². The van der Waals surface area contributed by atoms with Crippen LogP contribution in [0.3, 0.4) is 0 Å². The van der Waals surface area contributed by atoms with E-state index in [1.807, 2.05) is 42.1 Å². The number of alkyl halides is 1. The third kappa shape index (κ3) is 5.25. The van der Waals surface area contributed by atoms with Crippen LogP contribution in [-0.4, -0.2) is 41.1 Å². The van der Waals surface area contributed by atoms with E-state index in [-0.39, 0.29) is 0 Å². The van der Waals surface area contributed by atoms with Crippen LogP contribution in [0.1, 0.15) is 18.4 Å². The zero-order valence-corrected chi connectivity index (χ0v) is 14.6. The van der Waals surface area contributed by atoms with Gasteiger partial charge in [0.05, 0.1) is 0 Å². The Morgan fingerprint density at radius 2 is 1.88 bits per heavy atom. The first kappa shape index (κ1) is 17.3. The maximum absolute atomic E-state index is 14.3. The topological polar surface area (TPSA) is 23.5 Å². The van der Waals surface area contributed by atoms with Gasteiger partial charge in [0.25, 0.3) is 0 Å². The molecule has 2 aromatic rings. The van der Waals surface area contributed by atoms with Crippen LogP contribution in [0.25, 0.3) is 0 Å². The summed E-state index contributed by atoms with van der Waals surface area (Å²) in [6.07, 6.45) is 1.73. The summed E-state index contributed by atoms with van der Waals surface area (Å²) >= 11 is 1.83. The molecule has 2 nitrogen and oxygen atoms in total. The lowest BCUT2D eigenvalue weighted by atomic mass is 10.1. The Kier molecular flexibility index (Phi) is 6.16. The van der Waals surface area contributed by atoms with Crippen LogP contribution in [0.4, 0.5) is 4.39 Å². The Hall–Kier alpha value is -1.52. The first-order chi connectivity index (χ1) is 11.7. The van der Waals surface area contributed by atoms with E-state index in [4.69, 9.17) is 0 Å². The Morgan fingerprint density at radius 1 is 1.12 bits per heavy atom. The van der Waals surface area contributed by atoms with Gasteiger partial charge in [0.2, 0.25) is 0 Å².